The van der Waals surface area contributed by atoms with Crippen molar-refractivity contribution >= 4 is 11.9 Å². The van der Waals surface area contributed by atoms with Crippen molar-refractivity contribution in [3.8, 4) is 0 Å². The highest BCUT2D eigenvalue weighted by molar-refractivity contribution is 5.82. The Morgan fingerprint density at radius 3 is 2.46 bits per heavy atom. The first-order valence-electron chi connectivity index (χ1n) is 7.97. The second-order valence-corrected chi connectivity index (χ2v) is 5.82. The Hall–Kier alpha value is -2.69. The molecule has 126 valence electrons. The summed E-state index contributed by atoms with van der Waals surface area (Å²) in [5.41, 5.74) is 1.84. The topological polar surface area (TPSA) is 70.5 Å². The van der Waals surface area contributed by atoms with Crippen LogP contribution in [0.1, 0.15) is 17.7 Å². The minimum atomic E-state index is -0.940. The second-order valence-electron chi connectivity index (χ2n) is 5.82. The lowest BCUT2D eigenvalue weighted by Crippen LogP contribution is -2.32. The van der Waals surface area contributed by atoms with E-state index in [0.717, 1.165) is 11.3 Å². The normalized spacial score (nSPS) is 11.7. The molecule has 0 aliphatic carbocycles. The Balaban J connectivity index is 1.88. The number of benzene rings is 1. The molecule has 1 atom stereocenters. The van der Waals surface area contributed by atoms with E-state index in [-0.39, 0.29) is 12.3 Å². The lowest BCUT2D eigenvalue weighted by molar-refractivity contribution is -0.145. The van der Waals surface area contributed by atoms with E-state index in [1.807, 2.05) is 48.5 Å². The van der Waals surface area contributed by atoms with Crippen molar-refractivity contribution in [2.45, 2.75) is 19.3 Å². The predicted octanol–water partition coefficient (Wildman–Crippen LogP) is 2.42. The minimum Gasteiger partial charge on any atom is -0.481 e. The van der Waals surface area contributed by atoms with Gasteiger partial charge >= 0.3 is 5.97 Å². The number of hydrogen-bond acceptors (Lipinski definition) is 3. The molecule has 0 unspecified atom stereocenters. The molecular formula is C19H22N2O3. The Bertz CT molecular complexity index is 659. The fourth-order valence-electron chi connectivity index (χ4n) is 2.46. The molecular weight excluding hydrogens is 304 g/mol. The summed E-state index contributed by atoms with van der Waals surface area (Å²) in [6, 6.07) is 15.0. The van der Waals surface area contributed by atoms with Gasteiger partial charge in [0.05, 0.1) is 5.92 Å². The second kappa shape index (κ2) is 8.82. The zero-order valence-electron chi connectivity index (χ0n) is 13.8. The lowest BCUT2D eigenvalue weighted by Gasteiger charge is -2.19. The first kappa shape index (κ1) is 17.7. The van der Waals surface area contributed by atoms with Crippen molar-refractivity contribution in [2.24, 2.45) is 5.92 Å². The van der Waals surface area contributed by atoms with Crippen LogP contribution in [-0.4, -0.2) is 40.5 Å². The van der Waals surface area contributed by atoms with Crippen LogP contribution < -0.4 is 0 Å². The van der Waals surface area contributed by atoms with Crippen LogP contribution in [0.2, 0.25) is 0 Å². The van der Waals surface area contributed by atoms with Crippen molar-refractivity contribution in [3.63, 3.8) is 0 Å². The lowest BCUT2D eigenvalue weighted by atomic mass is 9.95. The van der Waals surface area contributed by atoms with Gasteiger partial charge in [-0.1, -0.05) is 36.4 Å². The monoisotopic (exact) mass is 326 g/mol. The zero-order chi connectivity index (χ0) is 17.4. The third kappa shape index (κ3) is 5.50. The van der Waals surface area contributed by atoms with Gasteiger partial charge in [0.15, 0.2) is 0 Å². The Morgan fingerprint density at radius 1 is 1.12 bits per heavy atom. The van der Waals surface area contributed by atoms with Gasteiger partial charge in [-0.15, -0.1) is 0 Å². The van der Waals surface area contributed by atoms with E-state index in [1.54, 1.807) is 18.1 Å². The van der Waals surface area contributed by atoms with Crippen LogP contribution in [0.5, 0.6) is 0 Å². The number of carboxylic acids is 1. The number of pyridine rings is 1. The number of carbonyl (C=O) groups is 2. The number of aliphatic carboxylic acids is 1. The van der Waals surface area contributed by atoms with Gasteiger partial charge in [-0.2, -0.15) is 0 Å². The molecule has 1 amide bonds. The summed E-state index contributed by atoms with van der Waals surface area (Å²) in [5.74, 6) is -1.81. The molecule has 0 spiro atoms. The molecule has 24 heavy (non-hydrogen) atoms. The predicted molar refractivity (Wildman–Crippen MR) is 91.5 cm³/mol. The van der Waals surface area contributed by atoms with Crippen LogP contribution >= 0.6 is 0 Å². The van der Waals surface area contributed by atoms with Crippen molar-refractivity contribution < 1.29 is 14.7 Å². The van der Waals surface area contributed by atoms with E-state index < -0.39 is 11.9 Å². The third-order valence-electron chi connectivity index (χ3n) is 3.95. The van der Waals surface area contributed by atoms with Crippen LogP contribution in [-0.2, 0) is 22.4 Å². The van der Waals surface area contributed by atoms with Gasteiger partial charge in [0.25, 0.3) is 0 Å². The highest BCUT2D eigenvalue weighted by atomic mass is 16.4. The Morgan fingerprint density at radius 2 is 1.83 bits per heavy atom. The summed E-state index contributed by atoms with van der Waals surface area (Å²) >= 11 is 0. The van der Waals surface area contributed by atoms with Gasteiger partial charge in [-0.25, -0.2) is 0 Å². The fraction of sp³-hybridized carbons (Fsp3) is 0.316. The molecule has 1 N–H and O–H groups in total. The molecule has 2 rings (SSSR count). The number of carbonyl (C=O) groups excluding carboxylic acids is 1. The number of nitrogens with zero attached hydrogens (tertiary/aromatic N) is 2. The largest absolute Gasteiger partial charge is 0.481 e. The molecule has 0 radical (unpaired) electrons. The molecule has 1 aromatic heterocycles. The zero-order valence-corrected chi connectivity index (χ0v) is 13.8. The molecule has 2 aromatic rings. The first-order valence-corrected chi connectivity index (χ1v) is 7.97. The smallest absolute Gasteiger partial charge is 0.307 e. The summed E-state index contributed by atoms with van der Waals surface area (Å²) in [6.45, 7) is 0.521. The highest BCUT2D eigenvalue weighted by Crippen LogP contribution is 2.14. The maximum Gasteiger partial charge on any atom is 0.307 e. The molecule has 0 aliphatic heterocycles. The van der Waals surface area contributed by atoms with Crippen LogP contribution in [0, 0.1) is 5.92 Å². The maximum atomic E-state index is 12.3. The van der Waals surface area contributed by atoms with Crippen LogP contribution in [0.25, 0.3) is 0 Å². The number of hydrogen-bond donors (Lipinski definition) is 1. The summed E-state index contributed by atoms with van der Waals surface area (Å²) < 4.78 is 0. The standard InChI is InChI=1S/C19H22N2O3/c1-21(12-10-17-9-5-6-11-20-17)18(22)14-16(19(23)24)13-15-7-3-2-4-8-15/h2-9,11,16H,10,12-14H2,1H3,(H,23,24)/t16-/m1/s1. The van der Waals surface area contributed by atoms with Crippen LogP contribution in [0.15, 0.2) is 54.7 Å². The number of carboxylic acid groups (broad SMARTS) is 1. The summed E-state index contributed by atoms with van der Waals surface area (Å²) in [5, 5.41) is 9.39. The van der Waals surface area contributed by atoms with Crippen LogP contribution in [0.3, 0.4) is 0 Å². The Labute approximate surface area is 142 Å². The summed E-state index contributed by atoms with van der Waals surface area (Å²) in [6.07, 6.45) is 2.73. The molecule has 0 saturated heterocycles. The molecule has 1 aromatic carbocycles. The SMILES string of the molecule is CN(CCc1ccccn1)C(=O)C[C@@H](Cc1ccccc1)C(=O)O. The van der Waals surface area contributed by atoms with E-state index in [9.17, 15) is 14.7 Å². The number of amides is 1. The molecule has 0 saturated carbocycles. The van der Waals surface area contributed by atoms with Gasteiger partial charge < -0.3 is 10.0 Å². The minimum absolute atomic E-state index is 0.00292. The Kier molecular flexibility index (Phi) is 6.49. The van der Waals surface area contributed by atoms with Gasteiger partial charge in [-0.3, -0.25) is 14.6 Å². The van der Waals surface area contributed by atoms with Crippen molar-refractivity contribution in [1.29, 1.82) is 0 Å². The number of likely N-dealkylation sites (N-methyl/N-ethyl adjacent to an activating group) is 1. The molecule has 0 fully saturated rings. The molecule has 0 bridgehead atoms. The van der Waals surface area contributed by atoms with Gasteiger partial charge in [0, 0.05) is 38.3 Å². The molecule has 1 heterocycles. The van der Waals surface area contributed by atoms with E-state index in [4.69, 9.17) is 0 Å². The quantitative estimate of drug-likeness (QED) is 0.809. The number of aromatic nitrogens is 1. The van der Waals surface area contributed by atoms with E-state index in [2.05, 4.69) is 4.98 Å². The maximum absolute atomic E-state index is 12.3. The van der Waals surface area contributed by atoms with Crippen molar-refractivity contribution in [1.82, 2.24) is 9.88 Å². The summed E-state index contributed by atoms with van der Waals surface area (Å²) in [7, 11) is 1.70. The molecule has 0 aliphatic rings. The van der Waals surface area contributed by atoms with Crippen molar-refractivity contribution in [3.05, 3.63) is 66.0 Å². The van der Waals surface area contributed by atoms with E-state index >= 15 is 0 Å². The summed E-state index contributed by atoms with van der Waals surface area (Å²) in [4.78, 5) is 29.6. The van der Waals surface area contributed by atoms with Crippen molar-refractivity contribution in [2.75, 3.05) is 13.6 Å². The van der Waals surface area contributed by atoms with Gasteiger partial charge in [0.1, 0.15) is 0 Å². The van der Waals surface area contributed by atoms with E-state index in [1.165, 1.54) is 0 Å². The van der Waals surface area contributed by atoms with Gasteiger partial charge in [-0.05, 0) is 24.1 Å². The first-order chi connectivity index (χ1) is 11.6. The number of rotatable bonds is 8. The van der Waals surface area contributed by atoms with E-state index in [0.29, 0.717) is 19.4 Å². The highest BCUT2D eigenvalue weighted by Gasteiger charge is 2.23. The molecule has 5 nitrogen and oxygen atoms in total. The third-order valence-corrected chi connectivity index (χ3v) is 3.95. The van der Waals surface area contributed by atoms with Crippen LogP contribution in [0.4, 0.5) is 0 Å². The average molecular weight is 326 g/mol. The fourth-order valence-corrected chi connectivity index (χ4v) is 2.46. The molecule has 5 heteroatoms. The van der Waals surface area contributed by atoms with Gasteiger partial charge in [0.2, 0.25) is 5.91 Å². The average Bonchev–Trinajstić information content (AvgIpc) is 2.60.